The number of hydrogen-bond donors (Lipinski definition) is 3. The Labute approximate surface area is 152 Å². The molecule has 0 radical (unpaired) electrons. The molecule has 3 aromatic rings. The van der Waals surface area contributed by atoms with Crippen LogP contribution in [0.3, 0.4) is 0 Å². The first-order valence-corrected chi connectivity index (χ1v) is 8.82. The monoisotopic (exact) mass is 355 g/mol. The Bertz CT molecular complexity index is 842. The molecular formula is C20H22ClN3O. The molecule has 0 aliphatic rings. The first-order chi connectivity index (χ1) is 12.1. The average molecular weight is 356 g/mol. The Kier molecular flexibility index (Phi) is 5.74. The summed E-state index contributed by atoms with van der Waals surface area (Å²) in [6, 6.07) is 15.9. The standard InChI is InChI=1S/C20H22ClN3O/c1-14(15-6-8-17(21)9-7-15)23-13-20(25)22-11-10-16-12-24-19-5-3-2-4-18(16)19/h2-9,12,14,23-24H,10-11,13H2,1H3,(H,22,25)/t14-/m1/s1. The molecule has 0 aliphatic heterocycles. The molecule has 4 nitrogen and oxygen atoms in total. The lowest BCUT2D eigenvalue weighted by molar-refractivity contribution is -0.120. The van der Waals surface area contributed by atoms with Gasteiger partial charge in [-0.2, -0.15) is 0 Å². The van der Waals surface area contributed by atoms with Crippen LogP contribution in [-0.2, 0) is 11.2 Å². The molecule has 1 heterocycles. The maximum Gasteiger partial charge on any atom is 0.233 e. The number of halogens is 1. The van der Waals surface area contributed by atoms with Crippen molar-refractivity contribution in [1.82, 2.24) is 15.6 Å². The molecule has 0 saturated carbocycles. The van der Waals surface area contributed by atoms with Gasteiger partial charge in [0.05, 0.1) is 6.54 Å². The molecule has 130 valence electrons. The summed E-state index contributed by atoms with van der Waals surface area (Å²) in [5.74, 6) is 0.000606. The fraction of sp³-hybridized carbons (Fsp3) is 0.250. The molecule has 0 spiro atoms. The SMILES string of the molecule is C[C@@H](NCC(=O)NCCc1c[nH]c2ccccc12)c1ccc(Cl)cc1. The number of rotatable bonds is 7. The van der Waals surface area contributed by atoms with Gasteiger partial charge in [0.25, 0.3) is 0 Å². The van der Waals surface area contributed by atoms with Crippen molar-refractivity contribution in [2.24, 2.45) is 0 Å². The second-order valence-electron chi connectivity index (χ2n) is 6.11. The molecule has 5 heteroatoms. The van der Waals surface area contributed by atoms with E-state index in [9.17, 15) is 4.79 Å². The molecule has 2 aromatic carbocycles. The van der Waals surface area contributed by atoms with Crippen LogP contribution >= 0.6 is 11.6 Å². The van der Waals surface area contributed by atoms with E-state index in [2.05, 4.69) is 27.8 Å². The molecule has 1 atom stereocenters. The molecule has 1 aromatic heterocycles. The van der Waals surface area contributed by atoms with Crippen LogP contribution < -0.4 is 10.6 Å². The van der Waals surface area contributed by atoms with Crippen LogP contribution in [-0.4, -0.2) is 24.0 Å². The minimum absolute atomic E-state index is 0.000606. The third kappa shape index (κ3) is 4.62. The maximum atomic E-state index is 12.0. The summed E-state index contributed by atoms with van der Waals surface area (Å²) in [4.78, 5) is 15.3. The largest absolute Gasteiger partial charge is 0.361 e. The Morgan fingerprint density at radius 2 is 1.92 bits per heavy atom. The number of para-hydroxylation sites is 1. The number of carbonyl (C=O) groups excluding carboxylic acids is 1. The maximum absolute atomic E-state index is 12.0. The lowest BCUT2D eigenvalue weighted by Crippen LogP contribution is -2.36. The van der Waals surface area contributed by atoms with E-state index in [1.54, 1.807) is 0 Å². The number of fused-ring (bicyclic) bond motifs is 1. The third-order valence-electron chi connectivity index (χ3n) is 4.33. The zero-order valence-electron chi connectivity index (χ0n) is 14.2. The summed E-state index contributed by atoms with van der Waals surface area (Å²) in [7, 11) is 0. The van der Waals surface area contributed by atoms with E-state index in [-0.39, 0.29) is 18.5 Å². The van der Waals surface area contributed by atoms with Crippen molar-refractivity contribution in [2.75, 3.05) is 13.1 Å². The van der Waals surface area contributed by atoms with Crippen molar-refractivity contribution in [3.63, 3.8) is 0 Å². The smallest absolute Gasteiger partial charge is 0.233 e. The van der Waals surface area contributed by atoms with Gasteiger partial charge >= 0.3 is 0 Å². The van der Waals surface area contributed by atoms with Gasteiger partial charge in [0.15, 0.2) is 0 Å². The van der Waals surface area contributed by atoms with Gasteiger partial charge in [-0.25, -0.2) is 0 Å². The zero-order valence-corrected chi connectivity index (χ0v) is 14.9. The van der Waals surface area contributed by atoms with Gasteiger partial charge in [-0.1, -0.05) is 41.9 Å². The summed E-state index contributed by atoms with van der Waals surface area (Å²) < 4.78 is 0. The number of benzene rings is 2. The molecular weight excluding hydrogens is 334 g/mol. The minimum Gasteiger partial charge on any atom is -0.361 e. The molecule has 0 aliphatic carbocycles. The fourth-order valence-corrected chi connectivity index (χ4v) is 2.98. The van der Waals surface area contributed by atoms with E-state index in [1.807, 2.05) is 49.5 Å². The van der Waals surface area contributed by atoms with Crippen molar-refractivity contribution in [1.29, 1.82) is 0 Å². The quantitative estimate of drug-likeness (QED) is 0.603. The van der Waals surface area contributed by atoms with Crippen molar-refractivity contribution in [3.8, 4) is 0 Å². The van der Waals surface area contributed by atoms with Gasteiger partial charge in [0, 0.05) is 34.7 Å². The summed E-state index contributed by atoms with van der Waals surface area (Å²) in [6.45, 7) is 2.94. The molecule has 3 N–H and O–H groups in total. The van der Waals surface area contributed by atoms with E-state index in [1.165, 1.54) is 10.9 Å². The molecule has 0 bridgehead atoms. The number of carbonyl (C=O) groups is 1. The highest BCUT2D eigenvalue weighted by Crippen LogP contribution is 2.18. The van der Waals surface area contributed by atoms with Crippen LogP contribution in [0.1, 0.15) is 24.1 Å². The number of hydrogen-bond acceptors (Lipinski definition) is 2. The molecule has 0 saturated heterocycles. The second-order valence-corrected chi connectivity index (χ2v) is 6.55. The zero-order chi connectivity index (χ0) is 17.6. The molecule has 0 fully saturated rings. The first-order valence-electron chi connectivity index (χ1n) is 8.44. The Hall–Kier alpha value is -2.30. The van der Waals surface area contributed by atoms with Crippen LogP contribution in [0.2, 0.25) is 5.02 Å². The fourth-order valence-electron chi connectivity index (χ4n) is 2.85. The number of aromatic amines is 1. The highest BCUT2D eigenvalue weighted by molar-refractivity contribution is 6.30. The van der Waals surface area contributed by atoms with E-state index < -0.39 is 0 Å². The normalized spacial score (nSPS) is 12.2. The number of H-pyrrole nitrogens is 1. The third-order valence-corrected chi connectivity index (χ3v) is 4.58. The summed E-state index contributed by atoms with van der Waals surface area (Å²) in [6.07, 6.45) is 2.82. The summed E-state index contributed by atoms with van der Waals surface area (Å²) in [5.41, 5.74) is 3.46. The topological polar surface area (TPSA) is 56.9 Å². The van der Waals surface area contributed by atoms with Crippen LogP contribution in [0.5, 0.6) is 0 Å². The van der Waals surface area contributed by atoms with Gasteiger partial charge in [-0.05, 0) is 42.7 Å². The molecule has 25 heavy (non-hydrogen) atoms. The van der Waals surface area contributed by atoms with Crippen molar-refractivity contribution >= 4 is 28.4 Å². The van der Waals surface area contributed by atoms with Crippen molar-refractivity contribution < 1.29 is 4.79 Å². The lowest BCUT2D eigenvalue weighted by Gasteiger charge is -2.14. The second kappa shape index (κ2) is 8.19. The molecule has 0 unspecified atom stereocenters. The number of amides is 1. The Morgan fingerprint density at radius 3 is 2.72 bits per heavy atom. The number of aromatic nitrogens is 1. The van der Waals surface area contributed by atoms with E-state index >= 15 is 0 Å². The lowest BCUT2D eigenvalue weighted by atomic mass is 10.1. The predicted molar refractivity (Wildman–Crippen MR) is 103 cm³/mol. The van der Waals surface area contributed by atoms with E-state index in [4.69, 9.17) is 11.6 Å². The average Bonchev–Trinajstić information content (AvgIpc) is 3.04. The summed E-state index contributed by atoms with van der Waals surface area (Å²) in [5, 5.41) is 8.12. The van der Waals surface area contributed by atoms with Gasteiger partial charge < -0.3 is 15.6 Å². The van der Waals surface area contributed by atoms with Gasteiger partial charge in [0.1, 0.15) is 0 Å². The Balaban J connectivity index is 1.43. The van der Waals surface area contributed by atoms with Crippen LogP contribution in [0, 0.1) is 0 Å². The van der Waals surface area contributed by atoms with Crippen molar-refractivity contribution in [3.05, 3.63) is 70.9 Å². The summed E-state index contributed by atoms with van der Waals surface area (Å²) >= 11 is 5.89. The van der Waals surface area contributed by atoms with Crippen LogP contribution in [0.15, 0.2) is 54.7 Å². The van der Waals surface area contributed by atoms with Gasteiger partial charge in [-0.3, -0.25) is 4.79 Å². The number of nitrogens with one attached hydrogen (secondary N) is 3. The first kappa shape index (κ1) is 17.5. The highest BCUT2D eigenvalue weighted by Gasteiger charge is 2.08. The van der Waals surface area contributed by atoms with Gasteiger partial charge in [-0.15, -0.1) is 0 Å². The highest BCUT2D eigenvalue weighted by atomic mass is 35.5. The van der Waals surface area contributed by atoms with E-state index in [0.717, 1.165) is 17.5 Å². The van der Waals surface area contributed by atoms with Gasteiger partial charge in [0.2, 0.25) is 5.91 Å². The molecule has 3 rings (SSSR count). The predicted octanol–water partition coefficient (Wildman–Crippen LogP) is 3.83. The molecule has 1 amide bonds. The van der Waals surface area contributed by atoms with Crippen LogP contribution in [0.4, 0.5) is 0 Å². The van der Waals surface area contributed by atoms with Crippen molar-refractivity contribution in [2.45, 2.75) is 19.4 Å². The van der Waals surface area contributed by atoms with Crippen LogP contribution in [0.25, 0.3) is 10.9 Å². The minimum atomic E-state index is 0.000606. The Morgan fingerprint density at radius 1 is 1.16 bits per heavy atom. The van der Waals surface area contributed by atoms with E-state index in [0.29, 0.717) is 11.6 Å².